The maximum atomic E-state index is 13.8. The lowest BCUT2D eigenvalue weighted by Gasteiger charge is -2.35. The molecule has 116 valence electrons. The molecule has 0 spiro atoms. The van der Waals surface area contributed by atoms with Crippen molar-refractivity contribution in [3.8, 4) is 0 Å². The summed E-state index contributed by atoms with van der Waals surface area (Å²) in [4.78, 5) is 11.4. The topological polar surface area (TPSA) is 56.8 Å². The van der Waals surface area contributed by atoms with E-state index in [1.165, 1.54) is 0 Å². The third-order valence-corrected chi connectivity index (χ3v) is 3.09. The number of halogens is 2. The third kappa shape index (κ3) is 3.68. The molecule has 0 bridgehead atoms. The third-order valence-electron chi connectivity index (χ3n) is 3.09. The van der Waals surface area contributed by atoms with Gasteiger partial charge in [0, 0.05) is 6.07 Å². The van der Waals surface area contributed by atoms with Gasteiger partial charge in [-0.1, -0.05) is 0 Å². The summed E-state index contributed by atoms with van der Waals surface area (Å²) < 4.78 is 42.6. The van der Waals surface area contributed by atoms with Gasteiger partial charge in [-0.15, -0.1) is 0 Å². The van der Waals surface area contributed by atoms with Gasteiger partial charge in [0.1, 0.15) is 11.6 Å². The molecule has 5 nitrogen and oxygen atoms in total. The number of ether oxygens (including phenoxy) is 3. The highest BCUT2D eigenvalue weighted by Gasteiger charge is 2.29. The van der Waals surface area contributed by atoms with Crippen molar-refractivity contribution in [2.45, 2.75) is 25.7 Å². The molecule has 0 saturated carbocycles. The van der Waals surface area contributed by atoms with Gasteiger partial charge in [-0.3, -0.25) is 0 Å². The molecule has 1 aliphatic rings. The van der Waals surface area contributed by atoms with Crippen LogP contribution in [0.5, 0.6) is 0 Å². The molecule has 0 atom stereocenters. The predicted molar refractivity (Wildman–Crippen MR) is 71.1 cm³/mol. The molecule has 1 aromatic rings. The Balaban J connectivity index is 2.15. The molecular weight excluding hydrogens is 284 g/mol. The van der Waals surface area contributed by atoms with E-state index in [9.17, 15) is 13.6 Å². The summed E-state index contributed by atoms with van der Waals surface area (Å²) >= 11 is 0. The first-order valence-electron chi connectivity index (χ1n) is 6.44. The van der Waals surface area contributed by atoms with E-state index in [1.807, 2.05) is 0 Å². The molecule has 2 rings (SSSR count). The fraction of sp³-hybridized carbons (Fsp3) is 0.500. The van der Waals surface area contributed by atoms with Crippen LogP contribution < -0.4 is 5.32 Å². The normalized spacial score (nSPS) is 18.3. The zero-order valence-corrected chi connectivity index (χ0v) is 12.0. The number of benzene rings is 1. The number of carbonyl (C=O) groups excluding carboxylic acids is 1. The van der Waals surface area contributed by atoms with Crippen molar-refractivity contribution in [3.63, 3.8) is 0 Å². The molecule has 7 heteroatoms. The van der Waals surface area contributed by atoms with Crippen molar-refractivity contribution in [1.82, 2.24) is 0 Å². The summed E-state index contributed by atoms with van der Waals surface area (Å²) in [5.41, 5.74) is -0.340. The molecule has 0 amide bonds. The second kappa shape index (κ2) is 5.95. The molecule has 1 fully saturated rings. The monoisotopic (exact) mass is 301 g/mol. The smallest absolute Gasteiger partial charge is 0.340 e. The van der Waals surface area contributed by atoms with Gasteiger partial charge in [-0.2, -0.15) is 0 Å². The Bertz CT molecular complexity index is 538. The Hall–Kier alpha value is -1.73. The maximum Gasteiger partial charge on any atom is 0.340 e. The number of hydrogen-bond donors (Lipinski definition) is 1. The first kappa shape index (κ1) is 15.7. The van der Waals surface area contributed by atoms with Crippen LogP contribution in [0.1, 0.15) is 24.2 Å². The average Bonchev–Trinajstić information content (AvgIpc) is 2.43. The Kier molecular flexibility index (Phi) is 4.43. The fourth-order valence-corrected chi connectivity index (χ4v) is 1.92. The van der Waals surface area contributed by atoms with Crippen LogP contribution in [0.4, 0.5) is 14.5 Å². The van der Waals surface area contributed by atoms with Crippen molar-refractivity contribution in [2.24, 2.45) is 0 Å². The van der Waals surface area contributed by atoms with E-state index < -0.39 is 23.4 Å². The molecule has 0 aromatic heterocycles. The highest BCUT2D eigenvalue weighted by molar-refractivity contribution is 5.90. The minimum Gasteiger partial charge on any atom is -0.465 e. The van der Waals surface area contributed by atoms with E-state index in [-0.39, 0.29) is 17.3 Å². The predicted octanol–water partition coefficient (Wildman–Crippen LogP) is 2.31. The van der Waals surface area contributed by atoms with Gasteiger partial charge >= 0.3 is 5.97 Å². The van der Waals surface area contributed by atoms with Crippen LogP contribution in [0, 0.1) is 11.6 Å². The minimum atomic E-state index is -0.970. The molecule has 1 saturated heterocycles. The molecule has 1 heterocycles. The Morgan fingerprint density at radius 3 is 2.48 bits per heavy atom. The molecular formula is C14H17F2NO4. The van der Waals surface area contributed by atoms with Gasteiger partial charge in [0.25, 0.3) is 0 Å². The molecule has 1 N–H and O–H groups in total. The zero-order chi connectivity index (χ0) is 15.6. The Morgan fingerprint density at radius 2 is 1.90 bits per heavy atom. The highest BCUT2D eigenvalue weighted by Crippen LogP contribution is 2.24. The second-order valence-electron chi connectivity index (χ2n) is 5.17. The molecule has 0 unspecified atom stereocenters. The van der Waals surface area contributed by atoms with Gasteiger partial charge in [0.2, 0.25) is 0 Å². The number of anilines is 1. The van der Waals surface area contributed by atoms with Gasteiger partial charge in [0.05, 0.1) is 37.6 Å². The Labute approximate surface area is 121 Å². The molecule has 21 heavy (non-hydrogen) atoms. The van der Waals surface area contributed by atoms with Crippen molar-refractivity contribution >= 4 is 11.7 Å². The molecule has 1 aromatic carbocycles. The number of methoxy groups -OCH3 is 1. The van der Waals surface area contributed by atoms with E-state index in [0.717, 1.165) is 13.2 Å². The molecule has 1 aliphatic heterocycles. The van der Waals surface area contributed by atoms with E-state index in [0.29, 0.717) is 19.3 Å². The van der Waals surface area contributed by atoms with Crippen LogP contribution >= 0.6 is 0 Å². The number of esters is 1. The highest BCUT2D eigenvalue weighted by atomic mass is 19.1. The average molecular weight is 301 g/mol. The van der Waals surface area contributed by atoms with Crippen LogP contribution in [0.25, 0.3) is 0 Å². The maximum absolute atomic E-state index is 13.8. The molecule has 0 aliphatic carbocycles. The standard InChI is InChI=1S/C14H17F2NO4/c1-14(2)20-6-8(7-21-14)17-12-4-9(13(18)19-3)10(15)5-11(12)16/h4-5,8,17H,6-7H2,1-3H3. The van der Waals surface area contributed by atoms with Gasteiger partial charge in [-0.05, 0) is 19.9 Å². The Morgan fingerprint density at radius 1 is 1.29 bits per heavy atom. The fourth-order valence-electron chi connectivity index (χ4n) is 1.92. The van der Waals surface area contributed by atoms with Crippen molar-refractivity contribution in [2.75, 3.05) is 25.6 Å². The van der Waals surface area contributed by atoms with Crippen LogP contribution in [-0.2, 0) is 14.2 Å². The quantitative estimate of drug-likeness (QED) is 0.868. The number of carbonyl (C=O) groups is 1. The number of rotatable bonds is 3. The first-order valence-corrected chi connectivity index (χ1v) is 6.44. The number of hydrogen-bond acceptors (Lipinski definition) is 5. The minimum absolute atomic E-state index is 0.00583. The lowest BCUT2D eigenvalue weighted by Crippen LogP contribution is -2.45. The van der Waals surface area contributed by atoms with Gasteiger partial charge < -0.3 is 19.5 Å². The van der Waals surface area contributed by atoms with E-state index in [2.05, 4.69) is 10.1 Å². The lowest BCUT2D eigenvalue weighted by molar-refractivity contribution is -0.247. The summed E-state index contributed by atoms with van der Waals surface area (Å²) in [6.45, 7) is 4.16. The lowest BCUT2D eigenvalue weighted by atomic mass is 10.1. The van der Waals surface area contributed by atoms with Gasteiger partial charge in [0.15, 0.2) is 5.79 Å². The summed E-state index contributed by atoms with van der Waals surface area (Å²) in [6.07, 6.45) is 0. The van der Waals surface area contributed by atoms with Crippen molar-refractivity contribution in [3.05, 3.63) is 29.3 Å². The van der Waals surface area contributed by atoms with Crippen LogP contribution in [0.2, 0.25) is 0 Å². The van der Waals surface area contributed by atoms with Crippen LogP contribution in [0.3, 0.4) is 0 Å². The SMILES string of the molecule is COC(=O)c1cc(NC2COC(C)(C)OC2)c(F)cc1F. The van der Waals surface area contributed by atoms with Gasteiger partial charge in [-0.25, -0.2) is 13.6 Å². The van der Waals surface area contributed by atoms with E-state index >= 15 is 0 Å². The molecule has 0 radical (unpaired) electrons. The van der Waals surface area contributed by atoms with Crippen molar-refractivity contribution < 1.29 is 27.8 Å². The van der Waals surface area contributed by atoms with E-state index in [1.54, 1.807) is 13.8 Å². The summed E-state index contributed by atoms with van der Waals surface area (Å²) in [6, 6.07) is 1.42. The number of nitrogens with one attached hydrogen (secondary N) is 1. The second-order valence-corrected chi connectivity index (χ2v) is 5.17. The van der Waals surface area contributed by atoms with Crippen molar-refractivity contribution in [1.29, 1.82) is 0 Å². The summed E-state index contributed by atoms with van der Waals surface area (Å²) in [7, 11) is 1.13. The van der Waals surface area contributed by atoms with Crippen LogP contribution in [0.15, 0.2) is 12.1 Å². The van der Waals surface area contributed by atoms with Crippen LogP contribution in [-0.4, -0.2) is 38.1 Å². The summed E-state index contributed by atoms with van der Waals surface area (Å²) in [5.74, 6) is -3.32. The first-order chi connectivity index (χ1) is 9.82. The van der Waals surface area contributed by atoms with E-state index in [4.69, 9.17) is 9.47 Å². The summed E-state index contributed by atoms with van der Waals surface area (Å²) in [5, 5.41) is 2.83. The zero-order valence-electron chi connectivity index (χ0n) is 12.0. The largest absolute Gasteiger partial charge is 0.465 e.